The van der Waals surface area contributed by atoms with Crippen molar-refractivity contribution in [2.45, 2.75) is 20.3 Å². The number of hydrogen-bond donors (Lipinski definition) is 2. The minimum Gasteiger partial charge on any atom is -0.383 e. The van der Waals surface area contributed by atoms with E-state index in [0.717, 1.165) is 0 Å². The first kappa shape index (κ1) is 15.8. The molecule has 0 radical (unpaired) electrons. The molecule has 24 heavy (non-hydrogen) atoms. The van der Waals surface area contributed by atoms with Gasteiger partial charge in [-0.15, -0.1) is 0 Å². The van der Waals surface area contributed by atoms with Crippen molar-refractivity contribution in [1.82, 2.24) is 4.98 Å². The number of rotatable bonds is 3. The maximum absolute atomic E-state index is 12.1. The number of likely N-dealkylation sites (N-methyl/N-ethyl adjacent to an activating group) is 1. The maximum atomic E-state index is 12.1. The summed E-state index contributed by atoms with van der Waals surface area (Å²) < 4.78 is 0. The largest absolute Gasteiger partial charge is 0.383 e. The summed E-state index contributed by atoms with van der Waals surface area (Å²) in [6, 6.07) is 2.26. The molecule has 8 heteroatoms. The lowest BCUT2D eigenvalue weighted by atomic mass is 10.0. The lowest BCUT2D eigenvalue weighted by molar-refractivity contribution is -0.344. The SMILES string of the molecule is CCN(CC)c1[nH+]c(N)c2c(N)nc3c(c2c1C#N)CC(=O)N3C. The number of carbonyl (C=O) groups excluding carboxylic acids is 1. The van der Waals surface area contributed by atoms with Crippen molar-refractivity contribution in [2.24, 2.45) is 0 Å². The topological polar surface area (TPSA) is 126 Å². The van der Waals surface area contributed by atoms with E-state index in [1.54, 1.807) is 7.05 Å². The molecule has 0 aliphatic carbocycles. The Labute approximate surface area is 139 Å². The van der Waals surface area contributed by atoms with Gasteiger partial charge >= 0.3 is 0 Å². The highest BCUT2D eigenvalue weighted by Gasteiger charge is 2.33. The molecule has 5 N–H and O–H groups in total. The zero-order chi connectivity index (χ0) is 17.6. The number of anilines is 4. The molecule has 0 fully saturated rings. The number of H-pyrrole nitrogens is 1. The standard InChI is InChI=1S/C16H19N7O/c1-4-23(5-2)16-9(7-17)11-8-6-10(24)22(3)15(8)20-13(18)12(11)14(19)21-16/h4-6H2,1-3H3,(H2,18,20)(H2,19,21)/p+1. The molecule has 0 saturated heterocycles. The first-order valence-corrected chi connectivity index (χ1v) is 7.82. The Bertz CT molecular complexity index is 896. The van der Waals surface area contributed by atoms with Gasteiger partial charge in [0.1, 0.15) is 23.3 Å². The molecule has 0 unspecified atom stereocenters. The maximum Gasteiger partial charge on any atom is 0.240 e. The monoisotopic (exact) mass is 326 g/mol. The van der Waals surface area contributed by atoms with E-state index in [0.29, 0.717) is 52.4 Å². The van der Waals surface area contributed by atoms with Crippen LogP contribution in [0.1, 0.15) is 25.0 Å². The molecule has 0 bridgehead atoms. The highest BCUT2D eigenvalue weighted by molar-refractivity contribution is 6.12. The molecular formula is C16H20N7O+. The second-order valence-corrected chi connectivity index (χ2v) is 5.73. The van der Waals surface area contributed by atoms with Crippen molar-refractivity contribution in [1.29, 1.82) is 5.26 Å². The molecule has 0 aromatic carbocycles. The molecule has 3 rings (SSSR count). The summed E-state index contributed by atoms with van der Waals surface area (Å²) in [5.41, 5.74) is 13.4. The van der Waals surface area contributed by atoms with Crippen molar-refractivity contribution < 1.29 is 9.78 Å². The van der Waals surface area contributed by atoms with Gasteiger partial charge in [-0.1, -0.05) is 0 Å². The molecule has 3 heterocycles. The number of nitrogen functional groups attached to an aromatic ring is 2. The Morgan fingerprint density at radius 2 is 2.00 bits per heavy atom. The average Bonchev–Trinajstić information content (AvgIpc) is 2.84. The van der Waals surface area contributed by atoms with Crippen molar-refractivity contribution in [2.75, 3.05) is 41.4 Å². The molecule has 1 aliphatic rings. The first-order chi connectivity index (χ1) is 11.4. The van der Waals surface area contributed by atoms with E-state index >= 15 is 0 Å². The lowest BCUT2D eigenvalue weighted by Crippen LogP contribution is -2.31. The van der Waals surface area contributed by atoms with Gasteiger partial charge in [0.15, 0.2) is 0 Å². The van der Waals surface area contributed by atoms with Crippen LogP contribution in [0.3, 0.4) is 0 Å². The molecule has 0 saturated carbocycles. The minimum atomic E-state index is -0.0796. The van der Waals surface area contributed by atoms with E-state index in [1.807, 2.05) is 18.7 Å². The number of aromatic nitrogens is 2. The summed E-state index contributed by atoms with van der Waals surface area (Å²) in [6.45, 7) is 5.44. The molecule has 0 atom stereocenters. The Hall–Kier alpha value is -3.08. The van der Waals surface area contributed by atoms with Crippen LogP contribution in [0, 0.1) is 11.3 Å². The molecular weight excluding hydrogens is 306 g/mol. The van der Waals surface area contributed by atoms with Gasteiger partial charge in [-0.25, -0.2) is 9.97 Å². The number of fused-ring (bicyclic) bond motifs is 3. The van der Waals surface area contributed by atoms with Crippen LogP contribution in [-0.4, -0.2) is 31.0 Å². The number of nitrogens with one attached hydrogen (secondary N) is 1. The number of hydrogen-bond acceptors (Lipinski definition) is 6. The second kappa shape index (κ2) is 5.53. The fraction of sp³-hybridized carbons (Fsp3) is 0.375. The fourth-order valence-electron chi connectivity index (χ4n) is 3.27. The summed E-state index contributed by atoms with van der Waals surface area (Å²) in [7, 11) is 1.65. The summed E-state index contributed by atoms with van der Waals surface area (Å²) in [5.74, 6) is 1.62. The lowest BCUT2D eigenvalue weighted by Gasteiger charge is -2.19. The van der Waals surface area contributed by atoms with Crippen LogP contribution < -0.4 is 26.3 Å². The predicted octanol–water partition coefficient (Wildman–Crippen LogP) is 0.450. The van der Waals surface area contributed by atoms with Crippen molar-refractivity contribution in [3.8, 4) is 6.07 Å². The average molecular weight is 326 g/mol. The third kappa shape index (κ3) is 2.01. The van der Waals surface area contributed by atoms with E-state index < -0.39 is 0 Å². The van der Waals surface area contributed by atoms with Gasteiger partial charge in [0, 0.05) is 18.0 Å². The van der Waals surface area contributed by atoms with Gasteiger partial charge in [-0.05, 0) is 13.8 Å². The van der Waals surface area contributed by atoms with Crippen molar-refractivity contribution >= 4 is 40.0 Å². The number of nitrogens with zero attached hydrogens (tertiary/aromatic N) is 4. The van der Waals surface area contributed by atoms with Gasteiger partial charge < -0.3 is 11.5 Å². The third-order valence-corrected chi connectivity index (χ3v) is 4.52. The Morgan fingerprint density at radius 1 is 1.33 bits per heavy atom. The zero-order valence-corrected chi connectivity index (χ0v) is 14.0. The highest BCUT2D eigenvalue weighted by atomic mass is 16.2. The highest BCUT2D eigenvalue weighted by Crippen LogP contribution is 2.39. The first-order valence-electron chi connectivity index (χ1n) is 7.82. The molecule has 2 aromatic rings. The van der Waals surface area contributed by atoms with Crippen LogP contribution >= 0.6 is 0 Å². The van der Waals surface area contributed by atoms with E-state index in [4.69, 9.17) is 11.5 Å². The second-order valence-electron chi connectivity index (χ2n) is 5.73. The number of pyridine rings is 2. The molecule has 124 valence electrons. The zero-order valence-electron chi connectivity index (χ0n) is 14.0. The number of aromatic amines is 1. The number of amides is 1. The van der Waals surface area contributed by atoms with E-state index in [2.05, 4.69) is 16.0 Å². The van der Waals surface area contributed by atoms with Gasteiger partial charge in [0.25, 0.3) is 0 Å². The molecule has 8 nitrogen and oxygen atoms in total. The van der Waals surface area contributed by atoms with Gasteiger partial charge in [0.2, 0.25) is 17.5 Å². The summed E-state index contributed by atoms with van der Waals surface area (Å²) >= 11 is 0. The molecule has 0 spiro atoms. The van der Waals surface area contributed by atoms with Gasteiger partial charge in [-0.2, -0.15) is 5.26 Å². The number of carbonyl (C=O) groups is 1. The smallest absolute Gasteiger partial charge is 0.240 e. The quantitative estimate of drug-likeness (QED) is 0.843. The van der Waals surface area contributed by atoms with Crippen LogP contribution in [0.15, 0.2) is 0 Å². The van der Waals surface area contributed by atoms with Gasteiger partial charge in [-0.3, -0.25) is 14.6 Å². The van der Waals surface area contributed by atoms with E-state index in [9.17, 15) is 10.1 Å². The van der Waals surface area contributed by atoms with E-state index in [-0.39, 0.29) is 18.1 Å². The van der Waals surface area contributed by atoms with Crippen LogP contribution in [0.25, 0.3) is 10.8 Å². The van der Waals surface area contributed by atoms with Crippen LogP contribution in [0.4, 0.5) is 23.3 Å². The normalized spacial score (nSPS) is 13.2. The predicted molar refractivity (Wildman–Crippen MR) is 92.5 cm³/mol. The summed E-state index contributed by atoms with van der Waals surface area (Å²) in [4.78, 5) is 23.0. The molecule has 2 aromatic heterocycles. The summed E-state index contributed by atoms with van der Waals surface area (Å²) in [6.07, 6.45) is 0.186. The van der Waals surface area contributed by atoms with Crippen molar-refractivity contribution in [3.05, 3.63) is 11.1 Å². The van der Waals surface area contributed by atoms with Crippen LogP contribution in [0.5, 0.6) is 0 Å². The summed E-state index contributed by atoms with van der Waals surface area (Å²) in [5, 5.41) is 10.9. The molecule has 1 aliphatic heterocycles. The van der Waals surface area contributed by atoms with Crippen molar-refractivity contribution in [3.63, 3.8) is 0 Å². The van der Waals surface area contributed by atoms with Crippen LogP contribution in [0.2, 0.25) is 0 Å². The van der Waals surface area contributed by atoms with Crippen LogP contribution in [-0.2, 0) is 11.2 Å². The number of nitriles is 1. The minimum absolute atomic E-state index is 0.0796. The van der Waals surface area contributed by atoms with Gasteiger partial charge in [0.05, 0.1) is 24.9 Å². The number of nitrogens with two attached hydrogens (primary N) is 2. The van der Waals surface area contributed by atoms with E-state index in [1.165, 1.54) is 4.90 Å². The Balaban J connectivity index is 2.48. The Kier molecular flexibility index (Phi) is 3.64. The Morgan fingerprint density at radius 3 is 2.58 bits per heavy atom. The fourth-order valence-corrected chi connectivity index (χ4v) is 3.27. The third-order valence-electron chi connectivity index (χ3n) is 4.52. The molecule has 1 amide bonds.